The summed E-state index contributed by atoms with van der Waals surface area (Å²) < 4.78 is 7.05. The minimum absolute atomic E-state index is 0.187. The maximum atomic E-state index is 5.86. The average Bonchev–Trinajstić information content (AvgIpc) is 2.84. The molecule has 2 nitrogen and oxygen atoms in total. The lowest BCUT2D eigenvalue weighted by Gasteiger charge is -2.09. The number of rotatable bonds is 4. The number of hydrogen-bond acceptors (Lipinski definition) is 3. The second-order valence-corrected chi connectivity index (χ2v) is 6.03. The van der Waals surface area contributed by atoms with Gasteiger partial charge in [0.1, 0.15) is 5.76 Å². The van der Waals surface area contributed by atoms with Gasteiger partial charge in [-0.3, -0.25) is 0 Å². The Morgan fingerprint density at radius 1 is 1.44 bits per heavy atom. The molecule has 0 radical (unpaired) electrons. The van der Waals surface area contributed by atoms with Crippen molar-refractivity contribution in [2.45, 2.75) is 19.5 Å². The van der Waals surface area contributed by atoms with Gasteiger partial charge >= 0.3 is 0 Å². The van der Waals surface area contributed by atoms with Crippen LogP contribution in [0.25, 0.3) is 0 Å². The molecule has 0 aliphatic heterocycles. The van der Waals surface area contributed by atoms with Crippen LogP contribution in [0, 0.1) is 0 Å². The zero-order valence-corrected chi connectivity index (χ0v) is 11.8. The van der Waals surface area contributed by atoms with Crippen LogP contribution in [0.15, 0.2) is 33.4 Å². The van der Waals surface area contributed by atoms with E-state index < -0.39 is 0 Å². The molecular formula is C11H11BrClNOS. The molecule has 0 bridgehead atoms. The summed E-state index contributed by atoms with van der Waals surface area (Å²) in [5.41, 5.74) is 0. The Balaban J connectivity index is 1.91. The third kappa shape index (κ3) is 3.10. The highest BCUT2D eigenvalue weighted by Crippen LogP contribution is 2.23. The maximum Gasteiger partial charge on any atom is 0.169 e. The van der Waals surface area contributed by atoms with E-state index in [0.717, 1.165) is 21.3 Å². The van der Waals surface area contributed by atoms with Gasteiger partial charge in [0.05, 0.1) is 10.4 Å². The summed E-state index contributed by atoms with van der Waals surface area (Å²) in [4.78, 5) is 1.22. The molecule has 0 aliphatic rings. The summed E-state index contributed by atoms with van der Waals surface area (Å²) in [6.45, 7) is 2.87. The highest BCUT2D eigenvalue weighted by Gasteiger charge is 2.09. The van der Waals surface area contributed by atoms with Gasteiger partial charge in [-0.1, -0.05) is 11.6 Å². The molecular weight excluding hydrogens is 310 g/mol. The van der Waals surface area contributed by atoms with Crippen LogP contribution >= 0.6 is 38.9 Å². The number of thiophene rings is 1. The summed E-state index contributed by atoms with van der Waals surface area (Å²) >= 11 is 10.7. The van der Waals surface area contributed by atoms with E-state index in [9.17, 15) is 0 Å². The molecule has 86 valence electrons. The molecule has 1 N–H and O–H groups in total. The van der Waals surface area contributed by atoms with E-state index in [1.165, 1.54) is 4.88 Å². The fraction of sp³-hybridized carbons (Fsp3) is 0.273. The first-order valence-electron chi connectivity index (χ1n) is 4.88. The summed E-state index contributed by atoms with van der Waals surface area (Å²) in [7, 11) is 0. The lowest BCUT2D eigenvalue weighted by Crippen LogP contribution is -2.16. The quantitative estimate of drug-likeness (QED) is 0.890. The van der Waals surface area contributed by atoms with Gasteiger partial charge in [-0.25, -0.2) is 0 Å². The molecule has 2 aromatic heterocycles. The summed E-state index contributed by atoms with van der Waals surface area (Å²) in [5, 5.41) is 3.38. The normalized spacial score (nSPS) is 12.9. The van der Waals surface area contributed by atoms with E-state index in [0.29, 0.717) is 0 Å². The van der Waals surface area contributed by atoms with Crippen LogP contribution in [-0.2, 0) is 6.54 Å². The second-order valence-electron chi connectivity index (χ2n) is 3.45. The van der Waals surface area contributed by atoms with Gasteiger partial charge in [0.2, 0.25) is 0 Å². The Kier molecular flexibility index (Phi) is 4.08. The number of nitrogens with one attached hydrogen (secondary N) is 1. The molecule has 0 fully saturated rings. The zero-order chi connectivity index (χ0) is 11.5. The first kappa shape index (κ1) is 12.2. The van der Waals surface area contributed by atoms with E-state index in [1.807, 2.05) is 24.3 Å². The Hall–Kier alpha value is -0.290. The smallest absolute Gasteiger partial charge is 0.169 e. The maximum absolute atomic E-state index is 5.86. The second kappa shape index (κ2) is 5.36. The van der Waals surface area contributed by atoms with Gasteiger partial charge in [-0.2, -0.15) is 0 Å². The van der Waals surface area contributed by atoms with E-state index >= 15 is 0 Å². The van der Waals surface area contributed by atoms with Crippen LogP contribution in [0.5, 0.6) is 0 Å². The van der Waals surface area contributed by atoms with Crippen molar-refractivity contribution in [2.75, 3.05) is 0 Å². The van der Waals surface area contributed by atoms with Gasteiger partial charge in [0.25, 0.3) is 0 Å². The Bertz CT molecular complexity index is 468. The van der Waals surface area contributed by atoms with Crippen molar-refractivity contribution >= 4 is 38.9 Å². The molecule has 2 heterocycles. The molecule has 0 amide bonds. The molecule has 2 aromatic rings. The lowest BCUT2D eigenvalue weighted by atomic mass is 10.2. The topological polar surface area (TPSA) is 25.2 Å². The largest absolute Gasteiger partial charge is 0.453 e. The third-order valence-electron chi connectivity index (χ3n) is 2.23. The van der Waals surface area contributed by atoms with Gasteiger partial charge in [0, 0.05) is 11.4 Å². The zero-order valence-electron chi connectivity index (χ0n) is 8.67. The SMILES string of the molecule is CC(NCc1ccc(Cl)s1)c1ccc(Br)o1. The molecule has 0 saturated carbocycles. The van der Waals surface area contributed by atoms with Crippen LogP contribution in [0.4, 0.5) is 0 Å². The van der Waals surface area contributed by atoms with Crippen LogP contribution in [0.3, 0.4) is 0 Å². The van der Waals surface area contributed by atoms with Crippen molar-refractivity contribution in [1.82, 2.24) is 5.32 Å². The van der Waals surface area contributed by atoms with E-state index in [2.05, 4.69) is 28.2 Å². The van der Waals surface area contributed by atoms with Crippen molar-refractivity contribution in [3.05, 3.63) is 43.9 Å². The summed E-state index contributed by atoms with van der Waals surface area (Å²) in [5.74, 6) is 0.925. The van der Waals surface area contributed by atoms with Crippen LogP contribution in [-0.4, -0.2) is 0 Å². The first-order valence-corrected chi connectivity index (χ1v) is 6.87. The van der Waals surface area contributed by atoms with Crippen molar-refractivity contribution < 1.29 is 4.42 Å². The average molecular weight is 321 g/mol. The molecule has 1 atom stereocenters. The minimum atomic E-state index is 0.187. The van der Waals surface area contributed by atoms with Gasteiger partial charge < -0.3 is 9.73 Å². The van der Waals surface area contributed by atoms with Crippen molar-refractivity contribution in [3.63, 3.8) is 0 Å². The molecule has 1 unspecified atom stereocenters. The Morgan fingerprint density at radius 3 is 2.81 bits per heavy atom. The fourth-order valence-electron chi connectivity index (χ4n) is 1.36. The summed E-state index contributed by atoms with van der Waals surface area (Å²) in [6.07, 6.45) is 0. The molecule has 0 aliphatic carbocycles. The van der Waals surface area contributed by atoms with Crippen molar-refractivity contribution in [2.24, 2.45) is 0 Å². The van der Waals surface area contributed by atoms with Crippen LogP contribution in [0.2, 0.25) is 4.34 Å². The highest BCUT2D eigenvalue weighted by molar-refractivity contribution is 9.10. The monoisotopic (exact) mass is 319 g/mol. The predicted molar refractivity (Wildman–Crippen MR) is 71.0 cm³/mol. The number of furan rings is 1. The van der Waals surface area contributed by atoms with Crippen molar-refractivity contribution in [3.8, 4) is 0 Å². The van der Waals surface area contributed by atoms with E-state index in [4.69, 9.17) is 16.0 Å². The van der Waals surface area contributed by atoms with Gasteiger partial charge in [0.15, 0.2) is 4.67 Å². The number of hydrogen-bond donors (Lipinski definition) is 1. The van der Waals surface area contributed by atoms with E-state index in [-0.39, 0.29) is 6.04 Å². The van der Waals surface area contributed by atoms with Crippen LogP contribution in [0.1, 0.15) is 23.6 Å². The van der Waals surface area contributed by atoms with Crippen LogP contribution < -0.4 is 5.32 Å². The predicted octanol–water partition coefficient (Wildman–Crippen LogP) is 4.61. The van der Waals surface area contributed by atoms with Crippen molar-refractivity contribution in [1.29, 1.82) is 0 Å². The molecule has 0 spiro atoms. The molecule has 0 saturated heterocycles. The first-order chi connectivity index (χ1) is 7.65. The van der Waals surface area contributed by atoms with Gasteiger partial charge in [-0.05, 0) is 47.1 Å². The molecule has 5 heteroatoms. The Morgan fingerprint density at radius 2 is 2.25 bits per heavy atom. The summed E-state index contributed by atoms with van der Waals surface area (Å²) in [6, 6.07) is 7.99. The van der Waals surface area contributed by atoms with Gasteiger partial charge in [-0.15, -0.1) is 11.3 Å². The standard InChI is InChI=1S/C11H11BrClNOS/c1-7(9-3-4-10(12)15-9)14-6-8-2-5-11(13)16-8/h2-5,7,14H,6H2,1H3. The molecule has 0 aromatic carbocycles. The number of halogens is 2. The minimum Gasteiger partial charge on any atom is -0.453 e. The van der Waals surface area contributed by atoms with E-state index in [1.54, 1.807) is 11.3 Å². The Labute approximate surface area is 112 Å². The molecule has 16 heavy (non-hydrogen) atoms. The lowest BCUT2D eigenvalue weighted by molar-refractivity contribution is 0.419. The highest BCUT2D eigenvalue weighted by atomic mass is 79.9. The molecule has 2 rings (SSSR count). The third-order valence-corrected chi connectivity index (χ3v) is 3.89. The fourth-order valence-corrected chi connectivity index (χ4v) is 2.72.